The molecule has 0 bridgehead atoms. The van der Waals surface area contributed by atoms with Crippen LogP contribution in [0.3, 0.4) is 0 Å². The van der Waals surface area contributed by atoms with Crippen molar-refractivity contribution in [3.63, 3.8) is 0 Å². The summed E-state index contributed by atoms with van der Waals surface area (Å²) in [6, 6.07) is 9.76. The molecule has 0 amide bonds. The first-order valence-electron chi connectivity index (χ1n) is 8.09. The summed E-state index contributed by atoms with van der Waals surface area (Å²) in [7, 11) is -1.72. The Bertz CT molecular complexity index is 474. The molecule has 0 heterocycles. The zero-order valence-electron chi connectivity index (χ0n) is 15.0. The van der Waals surface area contributed by atoms with Crippen molar-refractivity contribution >= 4 is 8.32 Å². The third-order valence-corrected chi connectivity index (χ3v) is 9.34. The van der Waals surface area contributed by atoms with Crippen LogP contribution in [-0.2, 0) is 4.43 Å². The summed E-state index contributed by atoms with van der Waals surface area (Å²) >= 11 is 0. The molecule has 1 aromatic rings. The van der Waals surface area contributed by atoms with Crippen LogP contribution in [0.4, 0.5) is 0 Å². The molecule has 0 aliphatic rings. The van der Waals surface area contributed by atoms with Crippen molar-refractivity contribution in [3.05, 3.63) is 48.0 Å². The first-order chi connectivity index (χ1) is 10.0. The van der Waals surface area contributed by atoms with Gasteiger partial charge >= 0.3 is 0 Å². The number of rotatable bonds is 7. The number of hydrogen-bond acceptors (Lipinski definition) is 2. The molecule has 1 N–H and O–H groups in total. The lowest BCUT2D eigenvalue weighted by atomic mass is 9.95. The van der Waals surface area contributed by atoms with E-state index in [-0.39, 0.29) is 11.0 Å². The molecule has 0 saturated carbocycles. The lowest BCUT2D eigenvalue weighted by Gasteiger charge is -2.37. The maximum Gasteiger partial charge on any atom is 0.192 e. The fraction of sp³-hybridized carbons (Fsp3) is 0.579. The second-order valence-electron chi connectivity index (χ2n) is 7.76. The number of aliphatic hydroxyl groups excluding tert-OH is 1. The first-order valence-corrected chi connectivity index (χ1v) is 11.0. The molecule has 0 spiro atoms. The maximum atomic E-state index is 10.3. The highest BCUT2D eigenvalue weighted by Gasteiger charge is 2.37. The average Bonchev–Trinajstić information content (AvgIpc) is 2.44. The highest BCUT2D eigenvalue weighted by molar-refractivity contribution is 6.74. The molecule has 0 aliphatic carbocycles. The van der Waals surface area contributed by atoms with Gasteiger partial charge in [0.15, 0.2) is 8.32 Å². The summed E-state index contributed by atoms with van der Waals surface area (Å²) in [5, 5.41) is 10.5. The van der Waals surface area contributed by atoms with Gasteiger partial charge in [-0.2, -0.15) is 0 Å². The SMILES string of the molecule is C=C(C[C@H](O)c1ccccc1)[C@H](C)CO[Si](C)(C)C(C)(C)C. The number of aliphatic hydroxyl groups is 1. The van der Waals surface area contributed by atoms with Gasteiger partial charge in [0.1, 0.15) is 0 Å². The van der Waals surface area contributed by atoms with Crippen LogP contribution in [0.15, 0.2) is 42.5 Å². The zero-order valence-corrected chi connectivity index (χ0v) is 16.0. The van der Waals surface area contributed by atoms with Crippen molar-refractivity contribution in [1.82, 2.24) is 0 Å². The molecule has 2 atom stereocenters. The maximum absolute atomic E-state index is 10.3. The molecule has 0 aliphatic heterocycles. The van der Waals surface area contributed by atoms with Crippen molar-refractivity contribution in [1.29, 1.82) is 0 Å². The van der Waals surface area contributed by atoms with Crippen molar-refractivity contribution in [2.24, 2.45) is 5.92 Å². The summed E-state index contributed by atoms with van der Waals surface area (Å²) in [4.78, 5) is 0. The summed E-state index contributed by atoms with van der Waals surface area (Å²) in [6.07, 6.45) is 0.107. The van der Waals surface area contributed by atoms with E-state index in [0.29, 0.717) is 13.0 Å². The van der Waals surface area contributed by atoms with Gasteiger partial charge in [0, 0.05) is 6.61 Å². The largest absolute Gasteiger partial charge is 0.416 e. The van der Waals surface area contributed by atoms with E-state index in [1.54, 1.807) is 0 Å². The van der Waals surface area contributed by atoms with Crippen molar-refractivity contribution in [3.8, 4) is 0 Å². The van der Waals surface area contributed by atoms with Gasteiger partial charge in [-0.1, -0.05) is 70.2 Å². The minimum atomic E-state index is -1.72. The van der Waals surface area contributed by atoms with E-state index >= 15 is 0 Å². The molecule has 0 aromatic heterocycles. The summed E-state index contributed by atoms with van der Waals surface area (Å²) in [5.41, 5.74) is 2.00. The van der Waals surface area contributed by atoms with Gasteiger partial charge in [0.25, 0.3) is 0 Å². The van der Waals surface area contributed by atoms with Crippen molar-refractivity contribution in [2.45, 2.75) is 58.4 Å². The first kappa shape index (κ1) is 19.1. The predicted octanol–water partition coefficient (Wildman–Crippen LogP) is 5.32. The second-order valence-corrected chi connectivity index (χ2v) is 12.6. The van der Waals surface area contributed by atoms with Crippen molar-refractivity contribution < 1.29 is 9.53 Å². The van der Waals surface area contributed by atoms with Crippen LogP contribution in [-0.4, -0.2) is 20.0 Å². The topological polar surface area (TPSA) is 29.5 Å². The van der Waals surface area contributed by atoms with Crippen LogP contribution in [0.2, 0.25) is 18.1 Å². The fourth-order valence-corrected chi connectivity index (χ4v) is 3.01. The van der Waals surface area contributed by atoms with Gasteiger partial charge in [0.05, 0.1) is 6.10 Å². The van der Waals surface area contributed by atoms with Crippen molar-refractivity contribution in [2.75, 3.05) is 6.61 Å². The summed E-state index contributed by atoms with van der Waals surface area (Å²) < 4.78 is 6.26. The Morgan fingerprint density at radius 2 is 1.77 bits per heavy atom. The third kappa shape index (κ3) is 5.38. The van der Waals surface area contributed by atoms with Gasteiger partial charge in [0.2, 0.25) is 0 Å². The monoisotopic (exact) mass is 320 g/mol. The molecular weight excluding hydrogens is 288 g/mol. The minimum absolute atomic E-state index is 0.220. The molecule has 0 unspecified atom stereocenters. The lowest BCUT2D eigenvalue weighted by Crippen LogP contribution is -2.41. The van der Waals surface area contributed by atoms with Gasteiger partial charge in [-0.15, -0.1) is 0 Å². The predicted molar refractivity (Wildman–Crippen MR) is 97.5 cm³/mol. The van der Waals surface area contributed by atoms with E-state index in [9.17, 15) is 5.11 Å². The molecule has 22 heavy (non-hydrogen) atoms. The molecular formula is C19H32O2Si. The minimum Gasteiger partial charge on any atom is -0.416 e. The lowest BCUT2D eigenvalue weighted by molar-refractivity contribution is 0.170. The Labute approximate surface area is 137 Å². The zero-order chi connectivity index (χ0) is 17.0. The fourth-order valence-electron chi connectivity index (χ4n) is 1.91. The number of hydrogen-bond donors (Lipinski definition) is 1. The standard InChI is InChI=1S/C19H32O2Si/c1-15(13-18(20)17-11-9-8-10-12-17)16(2)14-21-22(6,7)19(3,4)5/h8-12,16,18,20H,1,13-14H2,2-7H3/t16-,18+/m1/s1. The van der Waals surface area contributed by atoms with Crippen LogP contribution in [0.1, 0.15) is 45.8 Å². The van der Waals surface area contributed by atoms with E-state index in [4.69, 9.17) is 4.43 Å². The second kappa shape index (κ2) is 7.58. The van der Waals surface area contributed by atoms with Crippen LogP contribution in [0.25, 0.3) is 0 Å². The highest BCUT2D eigenvalue weighted by Crippen LogP contribution is 2.37. The van der Waals surface area contributed by atoms with Gasteiger partial charge < -0.3 is 9.53 Å². The van der Waals surface area contributed by atoms with Crippen LogP contribution < -0.4 is 0 Å². The Hall–Kier alpha value is -0.903. The van der Waals surface area contributed by atoms with Gasteiger partial charge in [-0.3, -0.25) is 0 Å². The Kier molecular flexibility index (Phi) is 6.60. The smallest absolute Gasteiger partial charge is 0.192 e. The van der Waals surface area contributed by atoms with Gasteiger partial charge in [-0.05, 0) is 36.0 Å². The average molecular weight is 321 g/mol. The molecule has 2 nitrogen and oxygen atoms in total. The summed E-state index contributed by atoms with van der Waals surface area (Å²) in [6.45, 7) is 18.3. The van der Waals surface area contributed by atoms with Crippen LogP contribution in [0, 0.1) is 5.92 Å². The molecule has 0 radical (unpaired) electrons. The van der Waals surface area contributed by atoms with Crippen LogP contribution >= 0.6 is 0 Å². The van der Waals surface area contributed by atoms with Gasteiger partial charge in [-0.25, -0.2) is 0 Å². The summed E-state index contributed by atoms with van der Waals surface area (Å²) in [5.74, 6) is 0.257. The van der Waals surface area contributed by atoms with E-state index < -0.39 is 14.4 Å². The third-order valence-electron chi connectivity index (χ3n) is 4.84. The molecule has 1 rings (SSSR count). The van der Waals surface area contributed by atoms with E-state index in [0.717, 1.165) is 11.1 Å². The van der Waals surface area contributed by atoms with E-state index in [2.05, 4.69) is 47.4 Å². The molecule has 1 aromatic carbocycles. The van der Waals surface area contributed by atoms with E-state index in [1.807, 2.05) is 30.3 Å². The molecule has 124 valence electrons. The molecule has 0 fully saturated rings. The Morgan fingerprint density at radius 3 is 2.27 bits per heavy atom. The van der Waals surface area contributed by atoms with E-state index in [1.165, 1.54) is 0 Å². The normalized spacial score (nSPS) is 15.4. The Balaban J connectivity index is 2.52. The highest BCUT2D eigenvalue weighted by atomic mass is 28.4. The molecule has 3 heteroatoms. The Morgan fingerprint density at radius 1 is 1.23 bits per heavy atom. The van der Waals surface area contributed by atoms with Crippen LogP contribution in [0.5, 0.6) is 0 Å². The molecule has 0 saturated heterocycles. The number of benzene rings is 1. The quantitative estimate of drug-likeness (QED) is 0.544.